The van der Waals surface area contributed by atoms with E-state index in [0.717, 1.165) is 75.2 Å². The molecule has 2 N–H and O–H groups in total. The van der Waals surface area contributed by atoms with E-state index in [4.69, 9.17) is 85.3 Å². The zero-order valence-corrected chi connectivity index (χ0v) is 43.0. The molecule has 0 radical (unpaired) electrons. The van der Waals surface area contributed by atoms with Gasteiger partial charge < -0.3 is 52.8 Å². The van der Waals surface area contributed by atoms with Crippen molar-refractivity contribution < 1.29 is 33.9 Å². The predicted molar refractivity (Wildman–Crippen MR) is 278 cm³/mol. The van der Waals surface area contributed by atoms with Crippen LogP contribution in [-0.4, -0.2) is 138 Å². The number of hydrogen-bond donors (Lipinski definition) is 0. The smallest absolute Gasteiger partial charge is 0.215 e. The number of aromatic nitrogens is 4. The third-order valence-electron chi connectivity index (χ3n) is 12.9. The molecule has 4 saturated heterocycles. The van der Waals surface area contributed by atoms with Gasteiger partial charge in [-0.2, -0.15) is 10.5 Å². The van der Waals surface area contributed by atoms with E-state index in [0.29, 0.717) is 83.8 Å². The minimum absolute atomic E-state index is 0. The zero-order chi connectivity index (χ0) is 49.9. The summed E-state index contributed by atoms with van der Waals surface area (Å²) in [5, 5.41) is 19.8. The highest BCUT2D eigenvalue weighted by molar-refractivity contribution is 6.35. The van der Waals surface area contributed by atoms with Crippen molar-refractivity contribution in [3.05, 3.63) is 154 Å². The summed E-state index contributed by atoms with van der Waals surface area (Å²) >= 11 is 25.3. The molecule has 384 valence electrons. The lowest BCUT2D eigenvalue weighted by molar-refractivity contribution is -0.189. The summed E-state index contributed by atoms with van der Waals surface area (Å²) in [6.45, 7) is 10.3. The highest BCUT2D eigenvalue weighted by Gasteiger charge is 2.46. The van der Waals surface area contributed by atoms with Crippen molar-refractivity contribution in [2.45, 2.75) is 36.9 Å². The van der Waals surface area contributed by atoms with E-state index in [9.17, 15) is 0 Å². The maximum Gasteiger partial charge on any atom is 0.215 e. The van der Waals surface area contributed by atoms with Crippen LogP contribution in [0, 0.1) is 22.7 Å². The fourth-order valence-electron chi connectivity index (χ4n) is 9.16. The third kappa shape index (κ3) is 13.6. The Morgan fingerprint density at radius 1 is 0.562 bits per heavy atom. The van der Waals surface area contributed by atoms with Crippen LogP contribution in [-0.2, 0) is 43.6 Å². The third-order valence-corrected chi connectivity index (χ3v) is 14.0. The number of rotatable bonds is 16. The van der Waals surface area contributed by atoms with Gasteiger partial charge in [0.25, 0.3) is 0 Å². The van der Waals surface area contributed by atoms with E-state index in [2.05, 4.69) is 66.0 Å². The molecule has 0 saturated carbocycles. The molecular formula is C52H56Cl4N10O7. The van der Waals surface area contributed by atoms with Crippen LogP contribution in [0.25, 0.3) is 0 Å². The Hall–Kier alpha value is -5.64. The Morgan fingerprint density at radius 2 is 0.959 bits per heavy atom. The first-order valence-electron chi connectivity index (χ1n) is 23.7. The topological polar surface area (TPSA) is 183 Å². The number of nitrogens with zero attached hydrogens (tertiary/aromatic N) is 10. The Kier molecular flexibility index (Phi) is 18.4. The summed E-state index contributed by atoms with van der Waals surface area (Å²) in [4.78, 5) is 17.2. The molecule has 4 atom stereocenters. The van der Waals surface area contributed by atoms with Crippen LogP contribution in [0.1, 0.15) is 11.1 Å². The highest BCUT2D eigenvalue weighted by atomic mass is 35.5. The van der Waals surface area contributed by atoms with Gasteiger partial charge in [0.05, 0.1) is 74.2 Å². The van der Waals surface area contributed by atoms with E-state index in [1.807, 2.05) is 57.9 Å². The maximum absolute atomic E-state index is 8.88. The molecule has 4 aliphatic rings. The molecule has 10 rings (SSSR count). The lowest BCUT2D eigenvalue weighted by atomic mass is 10.1. The molecule has 4 unspecified atom stereocenters. The van der Waals surface area contributed by atoms with Crippen molar-refractivity contribution in [3.8, 4) is 23.6 Å². The fraction of sp³-hybridized carbons (Fsp3) is 0.385. The van der Waals surface area contributed by atoms with E-state index in [1.165, 1.54) is 0 Å². The van der Waals surface area contributed by atoms with Gasteiger partial charge in [0.15, 0.2) is 0 Å². The maximum atomic E-state index is 8.88. The lowest BCUT2D eigenvalue weighted by Crippen LogP contribution is -2.46. The van der Waals surface area contributed by atoms with Gasteiger partial charge in [-0.25, -0.2) is 9.97 Å². The molecule has 2 aromatic heterocycles. The van der Waals surface area contributed by atoms with Gasteiger partial charge in [0.1, 0.15) is 36.9 Å². The van der Waals surface area contributed by atoms with Crippen LogP contribution in [0.2, 0.25) is 20.1 Å². The van der Waals surface area contributed by atoms with Crippen LogP contribution >= 0.6 is 46.4 Å². The van der Waals surface area contributed by atoms with E-state index < -0.39 is 11.6 Å². The quantitative estimate of drug-likeness (QED) is 0.0867. The Morgan fingerprint density at radius 3 is 1.30 bits per heavy atom. The summed E-state index contributed by atoms with van der Waals surface area (Å²) in [6, 6.07) is 31.2. The molecule has 73 heavy (non-hydrogen) atoms. The van der Waals surface area contributed by atoms with Crippen molar-refractivity contribution in [2.75, 3.05) is 102 Å². The Balaban J connectivity index is 0.000000192. The average molecular weight is 1070 g/mol. The van der Waals surface area contributed by atoms with Crippen molar-refractivity contribution in [2.24, 2.45) is 0 Å². The summed E-state index contributed by atoms with van der Waals surface area (Å²) < 4.78 is 41.3. The SMILES string of the molecule is N#CCN1CCN(c2ccc(OCC3COC(Cn4ccnc4)(c4ccc(Cl)cc4Cl)O3)cc2)CC1.N#CCN1CCN(c2ccc(OCC3COC(Cn4ccnc4)(c4ccc(Cl)cc4Cl)O3)cc2)CC1.O. The fourth-order valence-corrected chi connectivity index (χ4v) is 10.3. The first kappa shape index (κ1) is 53.6. The zero-order valence-electron chi connectivity index (χ0n) is 39.9. The van der Waals surface area contributed by atoms with Gasteiger partial charge in [0, 0.05) is 110 Å². The molecule has 4 fully saturated rings. The van der Waals surface area contributed by atoms with Crippen molar-refractivity contribution in [1.29, 1.82) is 10.5 Å². The van der Waals surface area contributed by atoms with Gasteiger partial charge in [-0.05, 0) is 72.8 Å². The van der Waals surface area contributed by atoms with Crippen LogP contribution in [0.4, 0.5) is 11.4 Å². The number of hydrogen-bond acceptors (Lipinski definition) is 14. The van der Waals surface area contributed by atoms with E-state index in [-0.39, 0.29) is 17.7 Å². The minimum Gasteiger partial charge on any atom is -0.491 e. The Bertz CT molecular complexity index is 2580. The van der Waals surface area contributed by atoms with Gasteiger partial charge >= 0.3 is 0 Å². The van der Waals surface area contributed by atoms with E-state index in [1.54, 1.807) is 49.3 Å². The van der Waals surface area contributed by atoms with Crippen LogP contribution in [0.15, 0.2) is 122 Å². The monoisotopic (exact) mass is 1070 g/mol. The number of piperazine rings is 2. The summed E-state index contributed by atoms with van der Waals surface area (Å²) in [5.41, 5.74) is 3.72. The number of anilines is 2. The van der Waals surface area contributed by atoms with Gasteiger partial charge in [-0.3, -0.25) is 9.80 Å². The van der Waals surface area contributed by atoms with Crippen LogP contribution < -0.4 is 19.3 Å². The minimum atomic E-state index is -1.08. The van der Waals surface area contributed by atoms with E-state index >= 15 is 0 Å². The molecular weight excluding hydrogens is 1020 g/mol. The molecule has 4 aliphatic heterocycles. The lowest BCUT2D eigenvalue weighted by Gasteiger charge is -2.35. The molecule has 6 aromatic rings. The normalized spacial score (nSPS) is 22.2. The second kappa shape index (κ2) is 25.1. The van der Waals surface area contributed by atoms with Gasteiger partial charge in [-0.1, -0.05) is 58.5 Å². The molecule has 0 aliphatic carbocycles. The van der Waals surface area contributed by atoms with Gasteiger partial charge in [0.2, 0.25) is 11.6 Å². The average Bonchev–Trinajstić information content (AvgIpc) is 4.25. The van der Waals surface area contributed by atoms with Crippen molar-refractivity contribution in [1.82, 2.24) is 28.9 Å². The number of halogens is 4. The first-order valence-corrected chi connectivity index (χ1v) is 25.2. The number of imidazole rings is 2. The summed E-state index contributed by atoms with van der Waals surface area (Å²) in [7, 11) is 0. The largest absolute Gasteiger partial charge is 0.491 e. The van der Waals surface area contributed by atoms with Crippen molar-refractivity contribution >= 4 is 57.8 Å². The standard InChI is InChI=1S/2C26H27Cl2N5O3.H2O/c2*27-20-1-6-24(25(28)15-20)26(18-32-10-8-30-19-32)35-17-23(36-26)16-34-22-4-2-21(3-5-22)33-13-11-31(9-7-29)12-14-33;/h2*1-6,8,10,15,19,23H,9,11-14,16-18H2;1H2. The molecule has 17 nitrogen and oxygen atoms in total. The number of benzene rings is 4. The van der Waals surface area contributed by atoms with Crippen molar-refractivity contribution in [3.63, 3.8) is 0 Å². The second-order valence-electron chi connectivity index (χ2n) is 17.8. The molecule has 0 spiro atoms. The highest BCUT2D eigenvalue weighted by Crippen LogP contribution is 2.42. The molecule has 0 amide bonds. The van der Waals surface area contributed by atoms with Crippen LogP contribution in [0.5, 0.6) is 11.5 Å². The Labute approximate surface area is 444 Å². The number of ether oxygens (including phenoxy) is 6. The molecule has 6 heterocycles. The summed E-state index contributed by atoms with van der Waals surface area (Å²) in [6.07, 6.45) is 9.99. The number of nitriles is 2. The second-order valence-corrected chi connectivity index (χ2v) is 19.5. The first-order chi connectivity index (χ1) is 35.1. The van der Waals surface area contributed by atoms with Gasteiger partial charge in [-0.15, -0.1) is 0 Å². The molecule has 0 bridgehead atoms. The molecule has 21 heteroatoms. The van der Waals surface area contributed by atoms with Crippen LogP contribution in [0.3, 0.4) is 0 Å². The molecule has 4 aromatic carbocycles. The predicted octanol–water partition coefficient (Wildman–Crippen LogP) is 7.54. The summed E-state index contributed by atoms with van der Waals surface area (Å²) in [5.74, 6) is -0.619.